The number of likely N-dealkylation sites (N-methyl/N-ethyl adjacent to an activating group) is 1. The highest BCUT2D eigenvalue weighted by atomic mass is 35.5. The van der Waals surface area contributed by atoms with Gasteiger partial charge in [0.25, 0.3) is 0 Å². The lowest BCUT2D eigenvalue weighted by Crippen LogP contribution is -2.44. The molecule has 0 radical (unpaired) electrons. The highest BCUT2D eigenvalue weighted by molar-refractivity contribution is 7.90. The van der Waals surface area contributed by atoms with Crippen LogP contribution < -0.4 is 10.5 Å². The molecule has 132 valence electrons. The molecular weight excluding hydrogens is 363 g/mol. The summed E-state index contributed by atoms with van der Waals surface area (Å²) in [5, 5.41) is 0.574. The van der Waals surface area contributed by atoms with E-state index in [0.717, 1.165) is 6.26 Å². The minimum atomic E-state index is -3.12. The molecule has 0 saturated heterocycles. The molecule has 1 aromatic carbocycles. The van der Waals surface area contributed by atoms with Gasteiger partial charge in [-0.2, -0.15) is 0 Å². The van der Waals surface area contributed by atoms with Crippen LogP contribution in [0.4, 0.5) is 0 Å². The van der Waals surface area contributed by atoms with Crippen LogP contribution in [0.15, 0.2) is 24.3 Å². The molecule has 0 fully saturated rings. The average molecular weight is 385 g/mol. The van der Waals surface area contributed by atoms with Crippen LogP contribution in [0.3, 0.4) is 0 Å². The number of hydrogen-bond donors (Lipinski definition) is 1. The molecule has 1 unspecified atom stereocenters. The second kappa shape index (κ2) is 9.97. The van der Waals surface area contributed by atoms with Crippen LogP contribution in [0.2, 0.25) is 5.02 Å². The van der Waals surface area contributed by atoms with Gasteiger partial charge < -0.3 is 15.4 Å². The molecule has 0 saturated carbocycles. The topological polar surface area (TPSA) is 89.7 Å². The minimum absolute atomic E-state index is 0. The Hall–Kier alpha value is -1.02. The zero-order valence-corrected chi connectivity index (χ0v) is 15.5. The first-order chi connectivity index (χ1) is 10.2. The first kappa shape index (κ1) is 22.0. The molecule has 1 amide bonds. The van der Waals surface area contributed by atoms with E-state index in [1.165, 1.54) is 4.90 Å². The van der Waals surface area contributed by atoms with E-state index in [1.807, 2.05) is 0 Å². The molecule has 9 heteroatoms. The molecule has 6 nitrogen and oxygen atoms in total. The summed E-state index contributed by atoms with van der Waals surface area (Å²) in [6.07, 6.45) is 1.23. The van der Waals surface area contributed by atoms with Crippen LogP contribution in [-0.2, 0) is 14.6 Å². The molecule has 0 spiro atoms. The van der Waals surface area contributed by atoms with Crippen molar-refractivity contribution in [2.75, 3.05) is 32.2 Å². The Morgan fingerprint density at radius 3 is 2.65 bits per heavy atom. The van der Waals surface area contributed by atoms with E-state index in [2.05, 4.69) is 0 Å². The predicted molar refractivity (Wildman–Crippen MR) is 94.1 cm³/mol. The van der Waals surface area contributed by atoms with E-state index in [0.29, 0.717) is 23.9 Å². The lowest BCUT2D eigenvalue weighted by molar-refractivity contribution is -0.131. The fourth-order valence-electron chi connectivity index (χ4n) is 1.71. The predicted octanol–water partition coefficient (Wildman–Crippen LogP) is 1.36. The van der Waals surface area contributed by atoms with Gasteiger partial charge in [-0.05, 0) is 24.6 Å². The maximum atomic E-state index is 12.0. The van der Waals surface area contributed by atoms with Crippen molar-refractivity contribution in [3.63, 3.8) is 0 Å². The fourth-order valence-corrected chi connectivity index (χ4v) is 2.58. The molecule has 0 aliphatic rings. The largest absolute Gasteiger partial charge is 0.492 e. The quantitative estimate of drug-likeness (QED) is 0.730. The van der Waals surface area contributed by atoms with Crippen molar-refractivity contribution in [3.8, 4) is 5.75 Å². The summed E-state index contributed by atoms with van der Waals surface area (Å²) in [5.41, 5.74) is 5.71. The summed E-state index contributed by atoms with van der Waals surface area (Å²) >= 11 is 5.84. The van der Waals surface area contributed by atoms with Gasteiger partial charge in [-0.3, -0.25) is 4.79 Å². The maximum Gasteiger partial charge on any atom is 0.239 e. The number of carbonyl (C=O) groups is 1. The zero-order valence-electron chi connectivity index (χ0n) is 13.1. The molecule has 0 aliphatic carbocycles. The van der Waals surface area contributed by atoms with Crippen LogP contribution in [0, 0.1) is 0 Å². The third-order valence-corrected chi connectivity index (χ3v) is 4.20. The highest BCUT2D eigenvalue weighted by Crippen LogP contribution is 2.16. The van der Waals surface area contributed by atoms with E-state index in [4.69, 9.17) is 22.1 Å². The Labute approximate surface area is 148 Å². The van der Waals surface area contributed by atoms with Crippen LogP contribution in [-0.4, -0.2) is 57.5 Å². The average Bonchev–Trinajstić information content (AvgIpc) is 2.43. The van der Waals surface area contributed by atoms with Gasteiger partial charge in [0.15, 0.2) is 0 Å². The van der Waals surface area contributed by atoms with E-state index < -0.39 is 15.9 Å². The number of sulfone groups is 1. The molecule has 1 rings (SSSR count). The standard InChI is InChI=1S/C14H21ClN2O4S.ClH/c1-17(14(18)13(16)6-9-22(2,19)20)7-8-21-12-5-3-4-11(15)10-12;/h3-5,10,13H,6-9,16H2,1-2H3;1H. The van der Waals surface area contributed by atoms with Crippen LogP contribution in [0.25, 0.3) is 0 Å². The number of ether oxygens (including phenoxy) is 1. The van der Waals surface area contributed by atoms with Gasteiger partial charge in [-0.25, -0.2) is 8.42 Å². The van der Waals surface area contributed by atoms with Crippen LogP contribution in [0.1, 0.15) is 6.42 Å². The molecule has 1 aromatic rings. The summed E-state index contributed by atoms with van der Waals surface area (Å²) in [5.74, 6) is 0.209. The van der Waals surface area contributed by atoms with Gasteiger partial charge in [0, 0.05) is 18.3 Å². The Bertz CT molecular complexity index is 611. The van der Waals surface area contributed by atoms with E-state index in [1.54, 1.807) is 31.3 Å². The summed E-state index contributed by atoms with van der Waals surface area (Å²) in [7, 11) is -1.52. The number of halogens is 2. The lowest BCUT2D eigenvalue weighted by Gasteiger charge is -2.21. The van der Waals surface area contributed by atoms with Gasteiger partial charge in [0.05, 0.1) is 18.3 Å². The first-order valence-corrected chi connectivity index (χ1v) is 9.19. The van der Waals surface area contributed by atoms with Gasteiger partial charge in [-0.15, -0.1) is 12.4 Å². The Morgan fingerprint density at radius 1 is 1.43 bits per heavy atom. The second-order valence-electron chi connectivity index (χ2n) is 5.09. The number of amides is 1. The van der Waals surface area contributed by atoms with E-state index >= 15 is 0 Å². The number of nitrogens with zero attached hydrogens (tertiary/aromatic N) is 1. The lowest BCUT2D eigenvalue weighted by atomic mass is 10.2. The fraction of sp³-hybridized carbons (Fsp3) is 0.500. The number of nitrogens with two attached hydrogens (primary N) is 1. The van der Waals surface area contributed by atoms with Gasteiger partial charge in [0.2, 0.25) is 5.91 Å². The Balaban J connectivity index is 0.00000484. The maximum absolute atomic E-state index is 12.0. The van der Waals surface area contributed by atoms with Gasteiger partial charge in [0.1, 0.15) is 22.2 Å². The Morgan fingerprint density at radius 2 is 2.09 bits per heavy atom. The van der Waals surface area contributed by atoms with Crippen molar-refractivity contribution in [2.24, 2.45) is 5.73 Å². The number of benzene rings is 1. The normalized spacial score (nSPS) is 12.2. The smallest absolute Gasteiger partial charge is 0.239 e. The summed E-state index contributed by atoms with van der Waals surface area (Å²) in [4.78, 5) is 13.4. The molecule has 23 heavy (non-hydrogen) atoms. The number of rotatable bonds is 8. The van der Waals surface area contributed by atoms with Crippen molar-refractivity contribution in [1.82, 2.24) is 4.90 Å². The molecule has 0 bridgehead atoms. The van der Waals surface area contributed by atoms with Crippen molar-refractivity contribution in [1.29, 1.82) is 0 Å². The minimum Gasteiger partial charge on any atom is -0.492 e. The van der Waals surface area contributed by atoms with Crippen molar-refractivity contribution < 1.29 is 17.9 Å². The molecule has 2 N–H and O–H groups in total. The van der Waals surface area contributed by atoms with Crippen LogP contribution >= 0.6 is 24.0 Å². The third-order valence-electron chi connectivity index (χ3n) is 2.98. The van der Waals surface area contributed by atoms with Gasteiger partial charge >= 0.3 is 0 Å². The molecular formula is C14H22Cl2N2O4S. The summed E-state index contributed by atoms with van der Waals surface area (Å²) in [6, 6.07) is 6.14. The highest BCUT2D eigenvalue weighted by Gasteiger charge is 2.19. The SMILES string of the molecule is CN(CCOc1cccc(Cl)c1)C(=O)C(N)CCS(C)(=O)=O.Cl. The second-order valence-corrected chi connectivity index (χ2v) is 7.79. The van der Waals surface area contributed by atoms with E-state index in [9.17, 15) is 13.2 Å². The third kappa shape index (κ3) is 9.00. The summed E-state index contributed by atoms with van der Waals surface area (Å²) in [6.45, 7) is 0.638. The molecule has 0 aromatic heterocycles. The summed E-state index contributed by atoms with van der Waals surface area (Å²) < 4.78 is 27.6. The van der Waals surface area contributed by atoms with Crippen molar-refractivity contribution in [2.45, 2.75) is 12.5 Å². The van der Waals surface area contributed by atoms with Gasteiger partial charge in [-0.1, -0.05) is 17.7 Å². The number of carbonyl (C=O) groups excluding carboxylic acids is 1. The zero-order chi connectivity index (χ0) is 16.8. The number of hydrogen-bond acceptors (Lipinski definition) is 5. The van der Waals surface area contributed by atoms with E-state index in [-0.39, 0.29) is 30.5 Å². The van der Waals surface area contributed by atoms with Crippen molar-refractivity contribution >= 4 is 39.8 Å². The Kier molecular flexibility index (Phi) is 9.53. The monoisotopic (exact) mass is 384 g/mol. The molecule has 0 heterocycles. The first-order valence-electron chi connectivity index (χ1n) is 6.75. The molecule has 0 aliphatic heterocycles. The molecule has 1 atom stereocenters. The van der Waals surface area contributed by atoms with Crippen molar-refractivity contribution in [3.05, 3.63) is 29.3 Å². The van der Waals surface area contributed by atoms with Crippen LogP contribution in [0.5, 0.6) is 5.75 Å².